The van der Waals surface area contributed by atoms with E-state index >= 15 is 0 Å². The maximum Gasteiger partial charge on any atom is 0.222 e. The maximum absolute atomic E-state index is 12.2. The zero-order valence-corrected chi connectivity index (χ0v) is 11.2. The van der Waals surface area contributed by atoms with Crippen LogP contribution in [0.2, 0.25) is 0 Å². The van der Waals surface area contributed by atoms with Crippen molar-refractivity contribution >= 4 is 5.91 Å². The van der Waals surface area contributed by atoms with E-state index in [1.165, 1.54) is 25.8 Å². The molecule has 18 heavy (non-hydrogen) atoms. The monoisotopic (exact) mass is 251 g/mol. The summed E-state index contributed by atoms with van der Waals surface area (Å²) in [6, 6.07) is 0.663. The van der Waals surface area contributed by atoms with Gasteiger partial charge < -0.3 is 10.2 Å². The average Bonchev–Trinajstić information content (AvgIpc) is 3.05. The van der Waals surface area contributed by atoms with Gasteiger partial charge in [-0.25, -0.2) is 0 Å². The number of carbonyl (C=O) groups is 1. The van der Waals surface area contributed by atoms with Gasteiger partial charge in [-0.3, -0.25) is 9.69 Å². The summed E-state index contributed by atoms with van der Waals surface area (Å²) in [6.07, 6.45) is 5.70. The Labute approximate surface area is 110 Å². The molecule has 0 aromatic heterocycles. The number of fused-ring (bicyclic) bond motifs is 1. The fourth-order valence-electron chi connectivity index (χ4n) is 3.66. The molecule has 0 aliphatic carbocycles. The van der Waals surface area contributed by atoms with Gasteiger partial charge in [-0.2, -0.15) is 0 Å². The van der Waals surface area contributed by atoms with E-state index in [2.05, 4.69) is 15.1 Å². The molecule has 0 saturated carbocycles. The minimum Gasteiger partial charge on any atom is -0.340 e. The molecule has 3 saturated heterocycles. The van der Waals surface area contributed by atoms with Crippen LogP contribution < -0.4 is 5.32 Å². The zero-order valence-electron chi connectivity index (χ0n) is 11.2. The van der Waals surface area contributed by atoms with Crippen molar-refractivity contribution in [3.05, 3.63) is 0 Å². The normalized spacial score (nSPS) is 32.8. The highest BCUT2D eigenvalue weighted by atomic mass is 16.2. The molecule has 0 radical (unpaired) electrons. The van der Waals surface area contributed by atoms with E-state index in [1.54, 1.807) is 0 Å². The first-order valence-corrected chi connectivity index (χ1v) is 7.55. The van der Waals surface area contributed by atoms with E-state index < -0.39 is 0 Å². The van der Waals surface area contributed by atoms with E-state index in [4.69, 9.17) is 0 Å². The Morgan fingerprint density at radius 1 is 1.22 bits per heavy atom. The van der Waals surface area contributed by atoms with Crippen molar-refractivity contribution in [2.75, 3.05) is 39.3 Å². The highest BCUT2D eigenvalue weighted by Crippen LogP contribution is 2.22. The highest BCUT2D eigenvalue weighted by Gasteiger charge is 2.32. The van der Waals surface area contributed by atoms with Crippen LogP contribution in [0, 0.1) is 5.92 Å². The molecule has 3 aliphatic rings. The molecule has 2 unspecified atom stereocenters. The predicted octanol–water partition coefficient (Wildman–Crippen LogP) is 0.683. The minimum atomic E-state index is 0.397. The molecule has 102 valence electrons. The number of amides is 1. The SMILES string of the molecule is O=C(CCC1CCNC1)N1CCN2CCCC2C1. The first-order valence-electron chi connectivity index (χ1n) is 7.55. The fourth-order valence-corrected chi connectivity index (χ4v) is 3.66. The van der Waals surface area contributed by atoms with Crippen LogP contribution in [0.1, 0.15) is 32.1 Å². The lowest BCUT2D eigenvalue weighted by Gasteiger charge is -2.37. The maximum atomic E-state index is 12.2. The van der Waals surface area contributed by atoms with Crippen molar-refractivity contribution in [1.29, 1.82) is 0 Å². The third-order valence-electron chi connectivity index (χ3n) is 4.87. The quantitative estimate of drug-likeness (QED) is 0.801. The largest absolute Gasteiger partial charge is 0.340 e. The lowest BCUT2D eigenvalue weighted by atomic mass is 10.0. The standard InChI is InChI=1S/C14H25N3O/c18-14(4-3-12-5-6-15-10-12)17-9-8-16-7-1-2-13(16)11-17/h12-13,15H,1-11H2. The smallest absolute Gasteiger partial charge is 0.222 e. The Bertz CT molecular complexity index is 301. The molecule has 1 N–H and O–H groups in total. The molecule has 1 amide bonds. The van der Waals surface area contributed by atoms with Crippen LogP contribution in [0.15, 0.2) is 0 Å². The Morgan fingerprint density at radius 2 is 2.17 bits per heavy atom. The zero-order chi connectivity index (χ0) is 12.4. The second-order valence-electron chi connectivity index (χ2n) is 6.07. The van der Waals surface area contributed by atoms with Crippen molar-refractivity contribution in [1.82, 2.24) is 15.1 Å². The van der Waals surface area contributed by atoms with Gasteiger partial charge in [-0.1, -0.05) is 0 Å². The number of nitrogens with zero attached hydrogens (tertiary/aromatic N) is 2. The molecule has 3 aliphatic heterocycles. The third-order valence-corrected chi connectivity index (χ3v) is 4.87. The van der Waals surface area contributed by atoms with Crippen LogP contribution in [0.5, 0.6) is 0 Å². The number of hydrogen-bond acceptors (Lipinski definition) is 3. The summed E-state index contributed by atoms with van der Waals surface area (Å²) in [5.74, 6) is 1.13. The Kier molecular flexibility index (Phi) is 3.85. The minimum absolute atomic E-state index is 0.397. The number of hydrogen-bond donors (Lipinski definition) is 1. The van der Waals surface area contributed by atoms with Crippen LogP contribution >= 0.6 is 0 Å². The first kappa shape index (κ1) is 12.4. The van der Waals surface area contributed by atoms with Crippen LogP contribution in [-0.2, 0) is 4.79 Å². The predicted molar refractivity (Wildman–Crippen MR) is 71.4 cm³/mol. The van der Waals surface area contributed by atoms with Gasteiger partial charge in [0.05, 0.1) is 0 Å². The van der Waals surface area contributed by atoms with Gasteiger partial charge in [0.2, 0.25) is 5.91 Å². The molecule has 0 spiro atoms. The highest BCUT2D eigenvalue weighted by molar-refractivity contribution is 5.76. The van der Waals surface area contributed by atoms with Crippen LogP contribution in [-0.4, -0.2) is 61.0 Å². The van der Waals surface area contributed by atoms with E-state index in [9.17, 15) is 4.79 Å². The van der Waals surface area contributed by atoms with Crippen molar-refractivity contribution in [2.45, 2.75) is 38.1 Å². The topological polar surface area (TPSA) is 35.6 Å². The molecule has 0 aromatic rings. The molecular weight excluding hydrogens is 226 g/mol. The molecule has 3 rings (SSSR count). The van der Waals surface area contributed by atoms with E-state index in [1.807, 2.05) is 0 Å². The number of nitrogens with one attached hydrogen (secondary N) is 1. The van der Waals surface area contributed by atoms with Gasteiger partial charge >= 0.3 is 0 Å². The summed E-state index contributed by atoms with van der Waals surface area (Å²) in [6.45, 7) is 6.55. The van der Waals surface area contributed by atoms with Crippen LogP contribution in [0.3, 0.4) is 0 Å². The lowest BCUT2D eigenvalue weighted by Crippen LogP contribution is -2.52. The van der Waals surface area contributed by atoms with E-state index in [0.29, 0.717) is 11.9 Å². The van der Waals surface area contributed by atoms with Gasteiger partial charge in [0.1, 0.15) is 0 Å². The van der Waals surface area contributed by atoms with Crippen molar-refractivity contribution in [3.8, 4) is 0 Å². The lowest BCUT2D eigenvalue weighted by molar-refractivity contribution is -0.134. The summed E-state index contributed by atoms with van der Waals surface area (Å²) in [7, 11) is 0. The fraction of sp³-hybridized carbons (Fsp3) is 0.929. The molecular formula is C14H25N3O. The molecule has 3 fully saturated rings. The van der Waals surface area contributed by atoms with Gasteiger partial charge in [0.15, 0.2) is 0 Å². The summed E-state index contributed by atoms with van der Waals surface area (Å²) >= 11 is 0. The van der Waals surface area contributed by atoms with Gasteiger partial charge in [-0.15, -0.1) is 0 Å². The second-order valence-corrected chi connectivity index (χ2v) is 6.07. The van der Waals surface area contributed by atoms with Crippen molar-refractivity contribution < 1.29 is 4.79 Å². The second kappa shape index (κ2) is 5.57. The molecule has 0 aromatic carbocycles. The number of carbonyl (C=O) groups excluding carboxylic acids is 1. The molecule has 3 heterocycles. The summed E-state index contributed by atoms with van der Waals surface area (Å²) < 4.78 is 0. The summed E-state index contributed by atoms with van der Waals surface area (Å²) in [5, 5.41) is 3.37. The Hall–Kier alpha value is -0.610. The van der Waals surface area contributed by atoms with Crippen LogP contribution in [0.4, 0.5) is 0 Å². The summed E-state index contributed by atoms with van der Waals surface area (Å²) in [4.78, 5) is 16.9. The van der Waals surface area contributed by atoms with E-state index in [0.717, 1.165) is 51.5 Å². The first-order chi connectivity index (χ1) is 8.83. The number of rotatable bonds is 3. The Morgan fingerprint density at radius 3 is 3.00 bits per heavy atom. The Balaban J connectivity index is 1.44. The van der Waals surface area contributed by atoms with Crippen LogP contribution in [0.25, 0.3) is 0 Å². The average molecular weight is 251 g/mol. The summed E-state index contributed by atoms with van der Waals surface area (Å²) in [5.41, 5.74) is 0. The van der Waals surface area contributed by atoms with Crippen molar-refractivity contribution in [3.63, 3.8) is 0 Å². The molecule has 2 atom stereocenters. The third kappa shape index (κ3) is 2.69. The molecule has 0 bridgehead atoms. The van der Waals surface area contributed by atoms with E-state index in [-0.39, 0.29) is 0 Å². The number of piperazine rings is 1. The van der Waals surface area contributed by atoms with Gasteiger partial charge in [0.25, 0.3) is 0 Å². The van der Waals surface area contributed by atoms with Crippen molar-refractivity contribution in [2.24, 2.45) is 5.92 Å². The van der Waals surface area contributed by atoms with Gasteiger partial charge in [0, 0.05) is 32.1 Å². The molecule has 4 nitrogen and oxygen atoms in total. The van der Waals surface area contributed by atoms with Gasteiger partial charge in [-0.05, 0) is 51.2 Å². The molecule has 4 heteroatoms.